The summed E-state index contributed by atoms with van der Waals surface area (Å²) in [6, 6.07) is 15.7. The summed E-state index contributed by atoms with van der Waals surface area (Å²) < 4.78 is 1.02. The summed E-state index contributed by atoms with van der Waals surface area (Å²) in [7, 11) is 0. The van der Waals surface area contributed by atoms with Crippen LogP contribution in [0, 0.1) is 3.57 Å². The molecule has 0 N–H and O–H groups in total. The van der Waals surface area contributed by atoms with Crippen LogP contribution in [-0.2, 0) is 0 Å². The van der Waals surface area contributed by atoms with Gasteiger partial charge in [-0.15, -0.1) is 21.8 Å². The Morgan fingerprint density at radius 3 is 2.52 bits per heavy atom. The van der Waals surface area contributed by atoms with Crippen LogP contribution in [0.5, 0.6) is 0 Å². The predicted molar refractivity (Wildman–Crippen MR) is 97.2 cm³/mol. The molecular formula is C15H9Cl2IN2S. The maximum absolute atomic E-state index is 6.47. The van der Waals surface area contributed by atoms with E-state index >= 15 is 0 Å². The van der Waals surface area contributed by atoms with Crippen LogP contribution in [0.4, 0.5) is 0 Å². The Morgan fingerprint density at radius 1 is 1.05 bits per heavy atom. The number of halogens is 3. The van der Waals surface area contributed by atoms with Gasteiger partial charge in [0.05, 0.1) is 5.02 Å². The molecule has 21 heavy (non-hydrogen) atoms. The number of alkyl halides is 1. The lowest BCUT2D eigenvalue weighted by molar-refractivity contribution is 0.988. The van der Waals surface area contributed by atoms with Crippen LogP contribution >= 0.6 is 57.1 Å². The third-order valence-electron chi connectivity index (χ3n) is 2.92. The highest BCUT2D eigenvalue weighted by Crippen LogP contribution is 2.35. The molecule has 2 nitrogen and oxygen atoms in total. The zero-order valence-corrected chi connectivity index (χ0v) is 15.1. The van der Waals surface area contributed by atoms with E-state index < -0.39 is 0 Å². The van der Waals surface area contributed by atoms with Crippen molar-refractivity contribution < 1.29 is 0 Å². The largest absolute Gasteiger partial charge is 0.147 e. The van der Waals surface area contributed by atoms with Gasteiger partial charge in [-0.05, 0) is 40.3 Å². The molecule has 0 radical (unpaired) electrons. The average Bonchev–Trinajstić information content (AvgIpc) is 3.00. The molecule has 3 rings (SSSR count). The highest BCUT2D eigenvalue weighted by Gasteiger charge is 2.17. The van der Waals surface area contributed by atoms with E-state index in [1.54, 1.807) is 0 Å². The van der Waals surface area contributed by atoms with E-state index in [2.05, 4.69) is 32.8 Å². The Morgan fingerprint density at radius 2 is 1.81 bits per heavy atom. The SMILES string of the molecule is Clc1cc(-c2nnc(C(Cl)c3ccccc3)s2)ccc1I. The second-order valence-corrected chi connectivity index (χ2v) is 7.36. The summed E-state index contributed by atoms with van der Waals surface area (Å²) in [6.07, 6.45) is 0. The van der Waals surface area contributed by atoms with Gasteiger partial charge in [-0.3, -0.25) is 0 Å². The lowest BCUT2D eigenvalue weighted by Crippen LogP contribution is -1.91. The molecule has 1 unspecified atom stereocenters. The normalized spacial score (nSPS) is 12.3. The number of nitrogens with zero attached hydrogens (tertiary/aromatic N) is 2. The lowest BCUT2D eigenvalue weighted by Gasteiger charge is -2.04. The minimum absolute atomic E-state index is 0.281. The predicted octanol–water partition coefficient (Wildman–Crippen LogP) is 5.79. The van der Waals surface area contributed by atoms with Crippen LogP contribution in [0.15, 0.2) is 48.5 Å². The third-order valence-corrected chi connectivity index (χ3v) is 6.11. The van der Waals surface area contributed by atoms with Crippen LogP contribution in [0.25, 0.3) is 10.6 Å². The zero-order chi connectivity index (χ0) is 14.8. The second-order valence-electron chi connectivity index (χ2n) is 4.35. The maximum Gasteiger partial charge on any atom is 0.147 e. The van der Waals surface area contributed by atoms with Crippen LogP contribution in [0.1, 0.15) is 15.9 Å². The minimum atomic E-state index is -0.281. The molecule has 0 spiro atoms. The van der Waals surface area contributed by atoms with Gasteiger partial charge in [-0.2, -0.15) is 0 Å². The third kappa shape index (κ3) is 3.39. The molecule has 1 heterocycles. The summed E-state index contributed by atoms with van der Waals surface area (Å²) in [4.78, 5) is 0. The monoisotopic (exact) mass is 446 g/mol. The van der Waals surface area contributed by atoms with Crippen LogP contribution in [0.3, 0.4) is 0 Å². The van der Waals surface area contributed by atoms with Gasteiger partial charge in [-0.1, -0.05) is 59.3 Å². The maximum atomic E-state index is 6.47. The molecule has 0 aliphatic heterocycles. The number of aromatic nitrogens is 2. The van der Waals surface area contributed by atoms with E-state index in [4.69, 9.17) is 23.2 Å². The number of benzene rings is 2. The smallest absolute Gasteiger partial charge is 0.141 e. The van der Waals surface area contributed by atoms with Gasteiger partial charge < -0.3 is 0 Å². The molecule has 0 aliphatic rings. The average molecular weight is 447 g/mol. The molecule has 0 aliphatic carbocycles. The van der Waals surface area contributed by atoms with Gasteiger partial charge in [0.25, 0.3) is 0 Å². The summed E-state index contributed by atoms with van der Waals surface area (Å²) in [5.41, 5.74) is 1.98. The van der Waals surface area contributed by atoms with Crippen molar-refractivity contribution in [3.8, 4) is 10.6 Å². The van der Waals surface area contributed by atoms with E-state index in [0.717, 1.165) is 29.7 Å². The quantitative estimate of drug-likeness (QED) is 0.375. The van der Waals surface area contributed by atoms with Crippen molar-refractivity contribution in [2.45, 2.75) is 5.38 Å². The molecule has 0 bridgehead atoms. The number of hydrogen-bond donors (Lipinski definition) is 0. The Balaban J connectivity index is 1.91. The van der Waals surface area contributed by atoms with E-state index in [1.807, 2.05) is 48.5 Å². The molecule has 106 valence electrons. The van der Waals surface area contributed by atoms with Gasteiger partial charge in [0, 0.05) is 9.13 Å². The van der Waals surface area contributed by atoms with Crippen molar-refractivity contribution in [3.63, 3.8) is 0 Å². The van der Waals surface area contributed by atoms with Gasteiger partial charge in [0.15, 0.2) is 0 Å². The standard InChI is InChI=1S/C15H9Cl2IN2S/c16-11-8-10(6-7-12(11)18)14-19-20-15(21-14)13(17)9-4-2-1-3-5-9/h1-8,13H. The van der Waals surface area contributed by atoms with E-state index in [9.17, 15) is 0 Å². The molecule has 0 saturated carbocycles. The Bertz CT molecular complexity index is 761. The number of rotatable bonds is 3. The Hall–Kier alpha value is -0.690. The molecule has 3 aromatic rings. The first-order valence-corrected chi connectivity index (χ1v) is 8.84. The second kappa shape index (κ2) is 6.60. The highest BCUT2D eigenvalue weighted by molar-refractivity contribution is 14.1. The summed E-state index contributed by atoms with van der Waals surface area (Å²) in [5, 5.41) is 10.5. The van der Waals surface area contributed by atoms with Crippen LogP contribution in [-0.4, -0.2) is 10.2 Å². The van der Waals surface area contributed by atoms with Gasteiger partial charge in [0.1, 0.15) is 15.4 Å². The Kier molecular flexibility index (Phi) is 4.78. The fourth-order valence-corrected chi connectivity index (χ4v) is 3.53. The molecule has 6 heteroatoms. The fraction of sp³-hybridized carbons (Fsp3) is 0.0667. The molecule has 2 aromatic carbocycles. The van der Waals surface area contributed by atoms with Crippen LogP contribution < -0.4 is 0 Å². The van der Waals surface area contributed by atoms with Gasteiger partial charge >= 0.3 is 0 Å². The fourth-order valence-electron chi connectivity index (χ4n) is 1.85. The molecule has 0 saturated heterocycles. The molecule has 1 atom stereocenters. The molecular weight excluding hydrogens is 438 g/mol. The van der Waals surface area contributed by atoms with Crippen molar-refractivity contribution in [2.75, 3.05) is 0 Å². The van der Waals surface area contributed by atoms with Gasteiger partial charge in [0.2, 0.25) is 0 Å². The van der Waals surface area contributed by atoms with Crippen LogP contribution in [0.2, 0.25) is 5.02 Å². The van der Waals surface area contributed by atoms with E-state index in [0.29, 0.717) is 0 Å². The van der Waals surface area contributed by atoms with Crippen molar-refractivity contribution in [3.05, 3.63) is 67.7 Å². The minimum Gasteiger partial charge on any atom is -0.141 e. The van der Waals surface area contributed by atoms with Crippen molar-refractivity contribution in [2.24, 2.45) is 0 Å². The summed E-state index contributed by atoms with van der Waals surface area (Å²) >= 11 is 16.3. The lowest BCUT2D eigenvalue weighted by atomic mass is 10.1. The Labute approximate surface area is 150 Å². The molecule has 0 fully saturated rings. The summed E-state index contributed by atoms with van der Waals surface area (Å²) in [5.74, 6) is 0. The first-order valence-electron chi connectivity index (χ1n) is 6.13. The van der Waals surface area contributed by atoms with Crippen molar-refractivity contribution in [1.82, 2.24) is 10.2 Å². The van der Waals surface area contributed by atoms with Crippen molar-refractivity contribution >= 4 is 57.1 Å². The summed E-state index contributed by atoms with van der Waals surface area (Å²) in [6.45, 7) is 0. The number of hydrogen-bond acceptors (Lipinski definition) is 3. The van der Waals surface area contributed by atoms with Gasteiger partial charge in [-0.25, -0.2) is 0 Å². The molecule has 1 aromatic heterocycles. The topological polar surface area (TPSA) is 25.8 Å². The zero-order valence-electron chi connectivity index (χ0n) is 10.6. The highest BCUT2D eigenvalue weighted by atomic mass is 127. The van der Waals surface area contributed by atoms with Crippen molar-refractivity contribution in [1.29, 1.82) is 0 Å². The molecule has 0 amide bonds. The van der Waals surface area contributed by atoms with E-state index in [-0.39, 0.29) is 5.38 Å². The van der Waals surface area contributed by atoms with E-state index in [1.165, 1.54) is 11.3 Å². The first-order chi connectivity index (χ1) is 10.1. The first kappa shape index (κ1) is 15.2.